The molecule has 0 bridgehead atoms. The SMILES string of the molecule is CCCNC(COc1cc(C)cc(C)c1)C(=O)OC. The van der Waals surface area contributed by atoms with Gasteiger partial charge in [-0.25, -0.2) is 0 Å². The summed E-state index contributed by atoms with van der Waals surface area (Å²) in [6.07, 6.45) is 0.955. The third-order valence-electron chi connectivity index (χ3n) is 2.74. The molecule has 4 nitrogen and oxygen atoms in total. The van der Waals surface area contributed by atoms with E-state index in [2.05, 4.69) is 11.4 Å². The number of esters is 1. The molecule has 1 atom stereocenters. The molecular weight excluding hydrogens is 242 g/mol. The Kier molecular flexibility index (Phi) is 6.36. The van der Waals surface area contributed by atoms with Crippen LogP contribution in [0.1, 0.15) is 24.5 Å². The van der Waals surface area contributed by atoms with E-state index < -0.39 is 6.04 Å². The van der Waals surface area contributed by atoms with Gasteiger partial charge in [-0.15, -0.1) is 0 Å². The van der Waals surface area contributed by atoms with Crippen LogP contribution in [0.15, 0.2) is 18.2 Å². The number of nitrogens with one attached hydrogen (secondary N) is 1. The molecule has 0 heterocycles. The third kappa shape index (κ3) is 5.30. The van der Waals surface area contributed by atoms with Crippen LogP contribution >= 0.6 is 0 Å². The van der Waals surface area contributed by atoms with Crippen molar-refractivity contribution in [3.05, 3.63) is 29.3 Å². The Hall–Kier alpha value is -1.55. The fourth-order valence-corrected chi connectivity index (χ4v) is 1.87. The van der Waals surface area contributed by atoms with Gasteiger partial charge >= 0.3 is 5.97 Å². The molecule has 0 saturated heterocycles. The topological polar surface area (TPSA) is 47.6 Å². The van der Waals surface area contributed by atoms with Crippen molar-refractivity contribution in [1.82, 2.24) is 5.32 Å². The molecule has 19 heavy (non-hydrogen) atoms. The van der Waals surface area contributed by atoms with Crippen LogP contribution in [-0.4, -0.2) is 32.3 Å². The second-order valence-electron chi connectivity index (χ2n) is 4.66. The molecule has 0 aliphatic heterocycles. The summed E-state index contributed by atoms with van der Waals surface area (Å²) in [6.45, 7) is 7.12. The standard InChI is InChI=1S/C15H23NO3/c1-5-6-16-14(15(17)18-4)10-19-13-8-11(2)7-12(3)9-13/h7-9,14,16H,5-6,10H2,1-4H3. The van der Waals surface area contributed by atoms with E-state index in [0.29, 0.717) is 0 Å². The van der Waals surface area contributed by atoms with E-state index in [-0.39, 0.29) is 12.6 Å². The highest BCUT2D eigenvalue weighted by Crippen LogP contribution is 2.16. The van der Waals surface area contributed by atoms with Crippen molar-refractivity contribution in [2.75, 3.05) is 20.3 Å². The average Bonchev–Trinajstić information content (AvgIpc) is 2.37. The van der Waals surface area contributed by atoms with Crippen molar-refractivity contribution in [2.24, 2.45) is 0 Å². The summed E-state index contributed by atoms with van der Waals surface area (Å²) < 4.78 is 10.5. The van der Waals surface area contributed by atoms with E-state index in [1.165, 1.54) is 7.11 Å². The lowest BCUT2D eigenvalue weighted by Gasteiger charge is -2.17. The lowest BCUT2D eigenvalue weighted by molar-refractivity contribution is -0.143. The molecular formula is C15H23NO3. The molecule has 106 valence electrons. The Morgan fingerprint density at radius 3 is 2.42 bits per heavy atom. The largest absolute Gasteiger partial charge is 0.491 e. The first-order valence-electron chi connectivity index (χ1n) is 6.59. The highest BCUT2D eigenvalue weighted by Gasteiger charge is 2.19. The first-order chi connectivity index (χ1) is 9.06. The molecule has 0 aliphatic carbocycles. The predicted molar refractivity (Wildman–Crippen MR) is 75.5 cm³/mol. The number of hydrogen-bond acceptors (Lipinski definition) is 4. The average molecular weight is 265 g/mol. The lowest BCUT2D eigenvalue weighted by atomic mass is 10.1. The van der Waals surface area contributed by atoms with Crippen molar-refractivity contribution in [2.45, 2.75) is 33.2 Å². The minimum absolute atomic E-state index is 0.273. The van der Waals surface area contributed by atoms with Crippen molar-refractivity contribution >= 4 is 5.97 Å². The maximum absolute atomic E-state index is 11.6. The Labute approximate surface area is 115 Å². The van der Waals surface area contributed by atoms with Crippen molar-refractivity contribution in [3.63, 3.8) is 0 Å². The summed E-state index contributed by atoms with van der Waals surface area (Å²) in [4.78, 5) is 11.6. The fraction of sp³-hybridized carbons (Fsp3) is 0.533. The Balaban J connectivity index is 2.61. The maximum Gasteiger partial charge on any atom is 0.326 e. The molecule has 0 spiro atoms. The van der Waals surface area contributed by atoms with Crippen LogP contribution < -0.4 is 10.1 Å². The molecule has 0 fully saturated rings. The van der Waals surface area contributed by atoms with Gasteiger partial charge < -0.3 is 14.8 Å². The number of benzene rings is 1. The summed E-state index contributed by atoms with van der Waals surface area (Å²) in [5.41, 5.74) is 2.29. The molecule has 0 aromatic heterocycles. The molecule has 0 aliphatic rings. The van der Waals surface area contributed by atoms with E-state index in [1.54, 1.807) is 0 Å². The molecule has 4 heteroatoms. The van der Waals surface area contributed by atoms with Gasteiger partial charge in [0.2, 0.25) is 0 Å². The molecule has 1 rings (SSSR count). The number of aryl methyl sites for hydroxylation is 2. The van der Waals surface area contributed by atoms with Crippen LogP contribution in [0.25, 0.3) is 0 Å². The Morgan fingerprint density at radius 2 is 1.89 bits per heavy atom. The highest BCUT2D eigenvalue weighted by molar-refractivity contribution is 5.75. The molecule has 1 unspecified atom stereocenters. The van der Waals surface area contributed by atoms with Crippen LogP contribution in [0.3, 0.4) is 0 Å². The minimum Gasteiger partial charge on any atom is -0.491 e. The second-order valence-corrected chi connectivity index (χ2v) is 4.66. The summed E-state index contributed by atoms with van der Waals surface area (Å²) in [5.74, 6) is 0.488. The molecule has 1 N–H and O–H groups in total. The Bertz CT molecular complexity index is 398. The summed E-state index contributed by atoms with van der Waals surface area (Å²) in [5, 5.41) is 3.12. The molecule has 1 aromatic carbocycles. The fourth-order valence-electron chi connectivity index (χ4n) is 1.87. The molecule has 0 amide bonds. The van der Waals surface area contributed by atoms with E-state index in [4.69, 9.17) is 9.47 Å². The van der Waals surface area contributed by atoms with Gasteiger partial charge in [0.25, 0.3) is 0 Å². The zero-order valence-corrected chi connectivity index (χ0v) is 12.2. The summed E-state index contributed by atoms with van der Waals surface area (Å²) in [6, 6.07) is 5.58. The van der Waals surface area contributed by atoms with Gasteiger partial charge in [0.05, 0.1) is 7.11 Å². The second kappa shape index (κ2) is 7.79. The van der Waals surface area contributed by atoms with E-state index in [9.17, 15) is 4.79 Å². The van der Waals surface area contributed by atoms with Gasteiger partial charge in [-0.1, -0.05) is 13.0 Å². The number of methoxy groups -OCH3 is 1. The predicted octanol–water partition coefficient (Wildman–Crippen LogP) is 2.22. The van der Waals surface area contributed by atoms with Crippen molar-refractivity contribution < 1.29 is 14.3 Å². The van der Waals surface area contributed by atoms with E-state index in [1.807, 2.05) is 32.9 Å². The summed E-state index contributed by atoms with van der Waals surface area (Å²) in [7, 11) is 1.39. The Morgan fingerprint density at radius 1 is 1.26 bits per heavy atom. The summed E-state index contributed by atoms with van der Waals surface area (Å²) >= 11 is 0. The number of ether oxygens (including phenoxy) is 2. The highest BCUT2D eigenvalue weighted by atomic mass is 16.5. The zero-order chi connectivity index (χ0) is 14.3. The van der Waals surface area contributed by atoms with Crippen LogP contribution in [0.5, 0.6) is 5.75 Å². The monoisotopic (exact) mass is 265 g/mol. The first kappa shape index (κ1) is 15.5. The van der Waals surface area contributed by atoms with Gasteiger partial charge in [-0.05, 0) is 50.1 Å². The maximum atomic E-state index is 11.6. The minimum atomic E-state index is -0.425. The van der Waals surface area contributed by atoms with Crippen molar-refractivity contribution in [1.29, 1.82) is 0 Å². The molecule has 0 saturated carbocycles. The number of carbonyl (C=O) groups excluding carboxylic acids is 1. The first-order valence-corrected chi connectivity index (χ1v) is 6.59. The van der Waals surface area contributed by atoms with Gasteiger partial charge in [-0.3, -0.25) is 4.79 Å². The van der Waals surface area contributed by atoms with Crippen LogP contribution in [0.2, 0.25) is 0 Å². The quantitative estimate of drug-likeness (QED) is 0.768. The smallest absolute Gasteiger partial charge is 0.326 e. The van der Waals surface area contributed by atoms with E-state index in [0.717, 1.165) is 29.8 Å². The molecule has 1 aromatic rings. The number of hydrogen-bond donors (Lipinski definition) is 1. The zero-order valence-electron chi connectivity index (χ0n) is 12.2. The van der Waals surface area contributed by atoms with E-state index >= 15 is 0 Å². The van der Waals surface area contributed by atoms with Crippen LogP contribution in [-0.2, 0) is 9.53 Å². The van der Waals surface area contributed by atoms with Gasteiger partial charge in [0.15, 0.2) is 0 Å². The lowest BCUT2D eigenvalue weighted by Crippen LogP contribution is -2.42. The molecule has 0 radical (unpaired) electrons. The normalized spacial score (nSPS) is 12.0. The van der Waals surface area contributed by atoms with Gasteiger partial charge in [0.1, 0.15) is 18.4 Å². The number of carbonyl (C=O) groups is 1. The van der Waals surface area contributed by atoms with Crippen LogP contribution in [0.4, 0.5) is 0 Å². The van der Waals surface area contributed by atoms with Crippen LogP contribution in [0, 0.1) is 13.8 Å². The third-order valence-corrected chi connectivity index (χ3v) is 2.74. The number of rotatable bonds is 7. The van der Waals surface area contributed by atoms with Gasteiger partial charge in [0, 0.05) is 0 Å². The van der Waals surface area contributed by atoms with Crippen molar-refractivity contribution in [3.8, 4) is 5.75 Å². The van der Waals surface area contributed by atoms with Gasteiger partial charge in [-0.2, -0.15) is 0 Å².